The van der Waals surface area contributed by atoms with Crippen molar-refractivity contribution in [1.29, 1.82) is 0 Å². The van der Waals surface area contributed by atoms with Crippen LogP contribution in [-0.2, 0) is 16.0 Å². The smallest absolute Gasteiger partial charge is 0.305 e. The van der Waals surface area contributed by atoms with E-state index in [4.69, 9.17) is 16.7 Å². The van der Waals surface area contributed by atoms with E-state index in [1.165, 1.54) is 0 Å². The van der Waals surface area contributed by atoms with E-state index < -0.39 is 12.0 Å². The van der Waals surface area contributed by atoms with Crippen LogP contribution in [-0.4, -0.2) is 23.0 Å². The largest absolute Gasteiger partial charge is 0.481 e. The number of rotatable bonds is 8. The number of halogens is 1. The summed E-state index contributed by atoms with van der Waals surface area (Å²) in [4.78, 5) is 22.5. The molecule has 1 atom stereocenters. The van der Waals surface area contributed by atoms with E-state index in [0.29, 0.717) is 24.3 Å². The van der Waals surface area contributed by atoms with Crippen LogP contribution in [0.5, 0.6) is 0 Å². The molecule has 5 heteroatoms. The van der Waals surface area contributed by atoms with Gasteiger partial charge in [0.15, 0.2) is 0 Å². The Morgan fingerprint density at radius 3 is 2.55 bits per heavy atom. The average molecular weight is 296 g/mol. The summed E-state index contributed by atoms with van der Waals surface area (Å²) in [6.07, 6.45) is 2.91. The molecule has 0 aliphatic rings. The Balaban J connectivity index is 2.63. The van der Waals surface area contributed by atoms with Gasteiger partial charge in [0.25, 0.3) is 0 Å². The van der Waals surface area contributed by atoms with E-state index in [9.17, 15) is 9.59 Å². The summed E-state index contributed by atoms with van der Waals surface area (Å²) in [7, 11) is 0. The van der Waals surface area contributed by atoms with E-state index >= 15 is 0 Å². The molecule has 0 aliphatic carbocycles. The van der Waals surface area contributed by atoms with Gasteiger partial charge in [0.1, 0.15) is 0 Å². The van der Waals surface area contributed by atoms with E-state index in [2.05, 4.69) is 11.9 Å². The van der Waals surface area contributed by atoms with Crippen molar-refractivity contribution in [2.24, 2.45) is 0 Å². The van der Waals surface area contributed by atoms with E-state index in [-0.39, 0.29) is 12.3 Å². The third-order valence-electron chi connectivity index (χ3n) is 2.76. The highest BCUT2D eigenvalue weighted by Gasteiger charge is 2.16. The topological polar surface area (TPSA) is 66.4 Å². The molecule has 0 spiro atoms. The second-order valence-corrected chi connectivity index (χ2v) is 4.96. The van der Waals surface area contributed by atoms with Crippen LogP contribution >= 0.6 is 11.6 Å². The maximum absolute atomic E-state index is 11.7. The molecule has 20 heavy (non-hydrogen) atoms. The van der Waals surface area contributed by atoms with Crippen LogP contribution in [0.1, 0.15) is 24.8 Å². The third kappa shape index (κ3) is 6.38. The van der Waals surface area contributed by atoms with Crippen LogP contribution in [0.25, 0.3) is 0 Å². The van der Waals surface area contributed by atoms with Crippen LogP contribution in [0.15, 0.2) is 36.9 Å². The standard InChI is InChI=1S/C15H18ClNO3/c1-2-3-4-14(18)17-13(10-15(19)20)9-11-5-7-12(16)8-6-11/h2,5-8,13H,1,3-4,9-10H2,(H,17,18)(H,19,20)/t13-/m0/s1. The predicted octanol–water partition coefficient (Wildman–Crippen LogP) is 2.81. The molecular formula is C15H18ClNO3. The van der Waals surface area contributed by atoms with Gasteiger partial charge in [0, 0.05) is 17.5 Å². The quantitative estimate of drug-likeness (QED) is 0.725. The molecular weight excluding hydrogens is 278 g/mol. The fourth-order valence-electron chi connectivity index (χ4n) is 1.82. The van der Waals surface area contributed by atoms with Crippen molar-refractivity contribution in [3.05, 3.63) is 47.5 Å². The first-order valence-corrected chi connectivity index (χ1v) is 6.75. The molecule has 0 aromatic heterocycles. The Labute approximate surface area is 123 Å². The first-order chi connectivity index (χ1) is 9.51. The summed E-state index contributed by atoms with van der Waals surface area (Å²) < 4.78 is 0. The molecule has 108 valence electrons. The van der Waals surface area contributed by atoms with E-state index in [1.807, 2.05) is 12.1 Å². The maximum Gasteiger partial charge on any atom is 0.305 e. The number of carbonyl (C=O) groups excluding carboxylic acids is 1. The van der Waals surface area contributed by atoms with Crippen molar-refractivity contribution in [3.63, 3.8) is 0 Å². The third-order valence-corrected chi connectivity index (χ3v) is 3.01. The molecule has 0 fully saturated rings. The maximum atomic E-state index is 11.7. The van der Waals surface area contributed by atoms with Gasteiger partial charge in [-0.2, -0.15) is 0 Å². The number of amides is 1. The van der Waals surface area contributed by atoms with Crippen molar-refractivity contribution in [3.8, 4) is 0 Å². The number of carboxylic acid groups (broad SMARTS) is 1. The lowest BCUT2D eigenvalue weighted by atomic mass is 10.0. The predicted molar refractivity (Wildman–Crippen MR) is 78.8 cm³/mol. The molecule has 0 aliphatic heterocycles. The summed E-state index contributed by atoms with van der Waals surface area (Å²) in [5.74, 6) is -1.10. The van der Waals surface area contributed by atoms with Gasteiger partial charge in [-0.15, -0.1) is 6.58 Å². The Hall–Kier alpha value is -1.81. The molecule has 0 bridgehead atoms. The molecule has 1 rings (SSSR count). The molecule has 1 aromatic carbocycles. The summed E-state index contributed by atoms with van der Waals surface area (Å²) in [6, 6.07) is 6.72. The van der Waals surface area contributed by atoms with Gasteiger partial charge in [0.2, 0.25) is 5.91 Å². The van der Waals surface area contributed by atoms with Crippen molar-refractivity contribution in [2.75, 3.05) is 0 Å². The Morgan fingerprint density at radius 2 is 2.00 bits per heavy atom. The molecule has 0 radical (unpaired) electrons. The van der Waals surface area contributed by atoms with Crippen molar-refractivity contribution < 1.29 is 14.7 Å². The Bertz CT molecular complexity index is 471. The molecule has 0 saturated carbocycles. The molecule has 4 nitrogen and oxygen atoms in total. The number of hydrogen-bond acceptors (Lipinski definition) is 2. The van der Waals surface area contributed by atoms with Gasteiger partial charge >= 0.3 is 5.97 Å². The van der Waals surface area contributed by atoms with Gasteiger partial charge in [-0.3, -0.25) is 9.59 Å². The fourth-order valence-corrected chi connectivity index (χ4v) is 1.95. The van der Waals surface area contributed by atoms with Crippen molar-refractivity contribution in [1.82, 2.24) is 5.32 Å². The average Bonchev–Trinajstić information content (AvgIpc) is 2.38. The number of carboxylic acids is 1. The first kappa shape index (κ1) is 16.2. The minimum atomic E-state index is -0.937. The first-order valence-electron chi connectivity index (χ1n) is 6.37. The van der Waals surface area contributed by atoms with Crippen molar-refractivity contribution in [2.45, 2.75) is 31.7 Å². The number of nitrogens with one attached hydrogen (secondary N) is 1. The lowest BCUT2D eigenvalue weighted by Gasteiger charge is -2.17. The zero-order chi connectivity index (χ0) is 15.0. The molecule has 2 N–H and O–H groups in total. The highest BCUT2D eigenvalue weighted by molar-refractivity contribution is 6.30. The number of benzene rings is 1. The van der Waals surface area contributed by atoms with E-state index in [0.717, 1.165) is 5.56 Å². The minimum absolute atomic E-state index is 0.109. The highest BCUT2D eigenvalue weighted by Crippen LogP contribution is 2.12. The molecule has 0 heterocycles. The summed E-state index contributed by atoms with van der Waals surface area (Å²) in [6.45, 7) is 3.55. The van der Waals surface area contributed by atoms with Gasteiger partial charge in [-0.25, -0.2) is 0 Å². The van der Waals surface area contributed by atoms with Crippen molar-refractivity contribution >= 4 is 23.5 Å². The normalized spacial score (nSPS) is 11.7. The molecule has 0 unspecified atom stereocenters. The van der Waals surface area contributed by atoms with Crippen LogP contribution in [0, 0.1) is 0 Å². The van der Waals surface area contributed by atoms with Crippen LogP contribution in [0.2, 0.25) is 5.02 Å². The van der Waals surface area contributed by atoms with Crippen LogP contribution in [0.4, 0.5) is 0 Å². The summed E-state index contributed by atoms with van der Waals surface area (Å²) >= 11 is 5.80. The second-order valence-electron chi connectivity index (χ2n) is 4.52. The summed E-state index contributed by atoms with van der Waals surface area (Å²) in [5, 5.41) is 12.3. The van der Waals surface area contributed by atoms with Gasteiger partial charge in [-0.05, 0) is 30.5 Å². The molecule has 1 aromatic rings. The van der Waals surface area contributed by atoms with E-state index in [1.54, 1.807) is 18.2 Å². The number of aliphatic carboxylic acids is 1. The van der Waals surface area contributed by atoms with Gasteiger partial charge in [0.05, 0.1) is 6.42 Å². The lowest BCUT2D eigenvalue weighted by molar-refractivity contribution is -0.137. The Kier molecular flexibility index (Phi) is 6.81. The minimum Gasteiger partial charge on any atom is -0.481 e. The number of carbonyl (C=O) groups is 2. The van der Waals surface area contributed by atoms with Gasteiger partial charge in [-0.1, -0.05) is 29.8 Å². The molecule has 0 saturated heterocycles. The zero-order valence-electron chi connectivity index (χ0n) is 11.1. The second kappa shape index (κ2) is 8.38. The highest BCUT2D eigenvalue weighted by atomic mass is 35.5. The monoisotopic (exact) mass is 295 g/mol. The van der Waals surface area contributed by atoms with Crippen LogP contribution < -0.4 is 5.32 Å². The Morgan fingerprint density at radius 1 is 1.35 bits per heavy atom. The SMILES string of the molecule is C=CCCC(=O)N[C@H](CC(=O)O)Cc1ccc(Cl)cc1. The number of hydrogen-bond donors (Lipinski definition) is 2. The fraction of sp³-hybridized carbons (Fsp3) is 0.333. The van der Waals surface area contributed by atoms with Crippen LogP contribution in [0.3, 0.4) is 0 Å². The zero-order valence-corrected chi connectivity index (χ0v) is 11.9. The summed E-state index contributed by atoms with van der Waals surface area (Å²) in [5.41, 5.74) is 0.935. The molecule has 1 amide bonds. The lowest BCUT2D eigenvalue weighted by Crippen LogP contribution is -2.37. The van der Waals surface area contributed by atoms with Gasteiger partial charge < -0.3 is 10.4 Å². The number of allylic oxidation sites excluding steroid dienone is 1.